The second-order valence-corrected chi connectivity index (χ2v) is 6.33. The molecule has 0 aliphatic heterocycles. The van der Waals surface area contributed by atoms with E-state index < -0.39 is 5.97 Å². The number of carboxylic acid groups (broad SMARTS) is 1. The van der Waals surface area contributed by atoms with Crippen molar-refractivity contribution >= 4 is 23.6 Å². The van der Waals surface area contributed by atoms with Crippen LogP contribution >= 0.6 is 11.8 Å². The second kappa shape index (κ2) is 8.72. The lowest BCUT2D eigenvalue weighted by molar-refractivity contribution is -0.138. The zero-order chi connectivity index (χ0) is 15.8. The van der Waals surface area contributed by atoms with Gasteiger partial charge in [0.15, 0.2) is 0 Å². The van der Waals surface area contributed by atoms with E-state index in [4.69, 9.17) is 5.11 Å². The van der Waals surface area contributed by atoms with Crippen LogP contribution in [-0.2, 0) is 9.59 Å². The number of amides is 1. The molecule has 0 bridgehead atoms. The van der Waals surface area contributed by atoms with Crippen molar-refractivity contribution in [2.24, 2.45) is 0 Å². The molecule has 1 aromatic rings. The van der Waals surface area contributed by atoms with Crippen molar-refractivity contribution in [3.63, 3.8) is 0 Å². The van der Waals surface area contributed by atoms with E-state index in [1.165, 1.54) is 16.0 Å². The first-order chi connectivity index (χ1) is 9.90. The quantitative estimate of drug-likeness (QED) is 0.750. The van der Waals surface area contributed by atoms with Crippen LogP contribution in [0.25, 0.3) is 0 Å². The maximum absolute atomic E-state index is 11.9. The lowest BCUT2D eigenvalue weighted by Gasteiger charge is -2.16. The van der Waals surface area contributed by atoms with Crippen LogP contribution in [0.3, 0.4) is 0 Å². The summed E-state index contributed by atoms with van der Waals surface area (Å²) in [6.45, 7) is 4.67. The van der Waals surface area contributed by atoms with Gasteiger partial charge in [0.2, 0.25) is 5.91 Å². The third-order valence-electron chi connectivity index (χ3n) is 3.37. The molecular formula is C16H23NO3S. The molecule has 0 spiro atoms. The fourth-order valence-electron chi connectivity index (χ4n) is 1.84. The monoisotopic (exact) mass is 309 g/mol. The average Bonchev–Trinajstić information content (AvgIpc) is 2.42. The van der Waals surface area contributed by atoms with Gasteiger partial charge in [0, 0.05) is 37.1 Å². The molecule has 0 fully saturated rings. The number of benzene rings is 1. The van der Waals surface area contributed by atoms with E-state index in [1.807, 2.05) is 0 Å². The van der Waals surface area contributed by atoms with Gasteiger partial charge in [-0.15, -0.1) is 11.8 Å². The van der Waals surface area contributed by atoms with Crippen LogP contribution in [0.15, 0.2) is 23.1 Å². The summed E-state index contributed by atoms with van der Waals surface area (Å²) < 4.78 is 0. The lowest BCUT2D eigenvalue weighted by atomic mass is 10.1. The number of hydrogen-bond donors (Lipinski definition) is 1. The smallest absolute Gasteiger partial charge is 0.303 e. The van der Waals surface area contributed by atoms with E-state index in [0.717, 1.165) is 5.75 Å². The van der Waals surface area contributed by atoms with E-state index in [2.05, 4.69) is 32.0 Å². The summed E-state index contributed by atoms with van der Waals surface area (Å²) in [5.41, 5.74) is 2.53. The molecule has 1 rings (SSSR count). The van der Waals surface area contributed by atoms with E-state index in [0.29, 0.717) is 19.4 Å². The summed E-state index contributed by atoms with van der Waals surface area (Å²) in [6.07, 6.45) is 1.08. The van der Waals surface area contributed by atoms with Gasteiger partial charge in [-0.25, -0.2) is 0 Å². The summed E-state index contributed by atoms with van der Waals surface area (Å²) in [6, 6.07) is 6.31. The molecule has 5 heteroatoms. The molecule has 1 N–H and O–H groups in total. The number of nitrogens with zero attached hydrogens (tertiary/aromatic N) is 1. The molecule has 21 heavy (non-hydrogen) atoms. The average molecular weight is 309 g/mol. The third-order valence-corrected chi connectivity index (χ3v) is 4.37. The number of aryl methyl sites for hydroxylation is 2. The Hall–Kier alpha value is -1.49. The molecule has 0 radical (unpaired) electrons. The Labute approximate surface area is 130 Å². The van der Waals surface area contributed by atoms with E-state index in [-0.39, 0.29) is 12.3 Å². The van der Waals surface area contributed by atoms with Gasteiger partial charge >= 0.3 is 5.97 Å². The summed E-state index contributed by atoms with van der Waals surface area (Å²) in [5.74, 6) is -0.0113. The van der Waals surface area contributed by atoms with Crippen molar-refractivity contribution in [3.05, 3.63) is 29.3 Å². The van der Waals surface area contributed by atoms with Gasteiger partial charge in [-0.05, 0) is 43.5 Å². The first-order valence-electron chi connectivity index (χ1n) is 7.06. The van der Waals surface area contributed by atoms with Crippen molar-refractivity contribution < 1.29 is 14.7 Å². The normalized spacial score (nSPS) is 10.4. The number of rotatable bonds is 8. The van der Waals surface area contributed by atoms with Crippen molar-refractivity contribution in [2.75, 3.05) is 19.3 Å². The minimum Gasteiger partial charge on any atom is -0.481 e. The summed E-state index contributed by atoms with van der Waals surface area (Å²) in [7, 11) is 1.73. The summed E-state index contributed by atoms with van der Waals surface area (Å²) >= 11 is 1.68. The third kappa shape index (κ3) is 6.67. The highest BCUT2D eigenvalue weighted by atomic mass is 32.2. The first kappa shape index (κ1) is 17.6. The number of carbonyl (C=O) groups is 2. The zero-order valence-electron chi connectivity index (χ0n) is 12.9. The zero-order valence-corrected chi connectivity index (χ0v) is 13.7. The minimum absolute atomic E-state index is 0.0664. The van der Waals surface area contributed by atoms with Crippen LogP contribution in [-0.4, -0.2) is 41.2 Å². The fourth-order valence-corrected chi connectivity index (χ4v) is 2.78. The Morgan fingerprint density at radius 3 is 2.52 bits per heavy atom. The van der Waals surface area contributed by atoms with Gasteiger partial charge in [0.25, 0.3) is 0 Å². The summed E-state index contributed by atoms with van der Waals surface area (Å²) in [4.78, 5) is 25.1. The van der Waals surface area contributed by atoms with Gasteiger partial charge in [-0.3, -0.25) is 9.59 Å². The Morgan fingerprint density at radius 1 is 1.19 bits per heavy atom. The topological polar surface area (TPSA) is 57.6 Å². The fraction of sp³-hybridized carbons (Fsp3) is 0.500. The minimum atomic E-state index is -0.818. The largest absolute Gasteiger partial charge is 0.481 e. The highest BCUT2D eigenvalue weighted by Crippen LogP contribution is 2.21. The van der Waals surface area contributed by atoms with Gasteiger partial charge < -0.3 is 10.0 Å². The molecule has 0 aliphatic rings. The molecule has 0 heterocycles. The molecule has 0 atom stereocenters. The van der Waals surface area contributed by atoms with E-state index >= 15 is 0 Å². The molecule has 0 saturated heterocycles. The highest BCUT2D eigenvalue weighted by Gasteiger charge is 2.09. The van der Waals surface area contributed by atoms with E-state index in [9.17, 15) is 9.59 Å². The van der Waals surface area contributed by atoms with Gasteiger partial charge in [-0.2, -0.15) is 0 Å². The number of thioether (sulfide) groups is 1. The highest BCUT2D eigenvalue weighted by molar-refractivity contribution is 7.99. The standard InChI is InChI=1S/C16H23NO3S/c1-12-6-7-14(11-13(12)2)21-10-8-15(18)17(3)9-4-5-16(19)20/h6-7,11H,4-5,8-10H2,1-3H3,(H,19,20). The van der Waals surface area contributed by atoms with Crippen LogP contribution in [0, 0.1) is 13.8 Å². The van der Waals surface area contributed by atoms with Crippen molar-refractivity contribution in [1.82, 2.24) is 4.90 Å². The van der Waals surface area contributed by atoms with Crippen LogP contribution < -0.4 is 0 Å². The van der Waals surface area contributed by atoms with Gasteiger partial charge in [0.05, 0.1) is 0 Å². The predicted molar refractivity (Wildman–Crippen MR) is 85.8 cm³/mol. The molecule has 116 valence electrons. The molecule has 1 amide bonds. The van der Waals surface area contributed by atoms with Gasteiger partial charge in [-0.1, -0.05) is 6.07 Å². The second-order valence-electron chi connectivity index (χ2n) is 5.16. The molecule has 0 aromatic heterocycles. The number of hydrogen-bond acceptors (Lipinski definition) is 3. The first-order valence-corrected chi connectivity index (χ1v) is 8.04. The van der Waals surface area contributed by atoms with Crippen molar-refractivity contribution in [2.45, 2.75) is 38.0 Å². The lowest BCUT2D eigenvalue weighted by Crippen LogP contribution is -2.28. The molecule has 0 saturated carbocycles. The Kier molecular flexibility index (Phi) is 7.29. The Balaban J connectivity index is 2.29. The molecule has 0 unspecified atom stereocenters. The van der Waals surface area contributed by atoms with E-state index in [1.54, 1.807) is 23.7 Å². The Morgan fingerprint density at radius 2 is 1.90 bits per heavy atom. The summed E-state index contributed by atoms with van der Waals surface area (Å²) in [5, 5.41) is 8.57. The van der Waals surface area contributed by atoms with Gasteiger partial charge in [0.1, 0.15) is 0 Å². The number of carboxylic acids is 1. The molecule has 4 nitrogen and oxygen atoms in total. The molecule has 0 aliphatic carbocycles. The van der Waals surface area contributed by atoms with Crippen LogP contribution in [0.1, 0.15) is 30.4 Å². The van der Waals surface area contributed by atoms with Crippen LogP contribution in [0.2, 0.25) is 0 Å². The van der Waals surface area contributed by atoms with Crippen molar-refractivity contribution in [3.8, 4) is 0 Å². The Bertz CT molecular complexity index is 502. The SMILES string of the molecule is Cc1ccc(SCCC(=O)N(C)CCCC(=O)O)cc1C. The number of aliphatic carboxylic acids is 1. The maximum Gasteiger partial charge on any atom is 0.303 e. The van der Waals surface area contributed by atoms with Crippen molar-refractivity contribution in [1.29, 1.82) is 0 Å². The van der Waals surface area contributed by atoms with Crippen LogP contribution in [0.4, 0.5) is 0 Å². The maximum atomic E-state index is 11.9. The molecular weight excluding hydrogens is 286 g/mol. The molecule has 1 aromatic carbocycles. The number of carbonyl (C=O) groups excluding carboxylic acids is 1. The van der Waals surface area contributed by atoms with Crippen LogP contribution in [0.5, 0.6) is 0 Å². The predicted octanol–water partition coefficient (Wildman–Crippen LogP) is 3.11.